The highest BCUT2D eigenvalue weighted by atomic mass is 19.1. The molecule has 1 atom stereocenters. The zero-order valence-corrected chi connectivity index (χ0v) is 12.5. The quantitative estimate of drug-likeness (QED) is 0.829. The summed E-state index contributed by atoms with van der Waals surface area (Å²) in [6.45, 7) is 3.22. The van der Waals surface area contributed by atoms with Crippen molar-refractivity contribution in [3.8, 4) is 0 Å². The molecule has 2 aromatic rings. The van der Waals surface area contributed by atoms with Crippen molar-refractivity contribution in [2.24, 2.45) is 0 Å². The number of carbonyl (C=O) groups excluding carboxylic acids is 2. The minimum Gasteiger partial charge on any atom is -0.461 e. The number of aromatic amines is 1. The molecule has 0 fully saturated rings. The first-order valence-corrected chi connectivity index (χ1v) is 6.91. The Labute approximate surface area is 130 Å². The van der Waals surface area contributed by atoms with Gasteiger partial charge in [0.05, 0.1) is 12.5 Å². The number of H-pyrrole nitrogens is 1. The molecule has 8 heteroatoms. The normalized spacial score (nSPS) is 11.8. The van der Waals surface area contributed by atoms with Crippen LogP contribution in [0.3, 0.4) is 0 Å². The molecule has 0 aliphatic rings. The van der Waals surface area contributed by atoms with E-state index in [0.717, 1.165) is 12.1 Å². The number of anilines is 1. The van der Waals surface area contributed by atoms with Crippen molar-refractivity contribution in [2.75, 3.05) is 11.9 Å². The van der Waals surface area contributed by atoms with Crippen molar-refractivity contribution in [1.29, 1.82) is 0 Å². The molecule has 1 aromatic heterocycles. The summed E-state index contributed by atoms with van der Waals surface area (Å²) in [4.78, 5) is 23.6. The number of esters is 1. The van der Waals surface area contributed by atoms with Crippen molar-refractivity contribution in [3.63, 3.8) is 0 Å². The third kappa shape index (κ3) is 3.71. The molecule has 2 N–H and O–H groups in total. The lowest BCUT2D eigenvalue weighted by Crippen LogP contribution is -2.21. The number of hydrogen-bond donors (Lipinski definition) is 2. The van der Waals surface area contributed by atoms with Gasteiger partial charge in [-0.1, -0.05) is 6.07 Å². The molecule has 2 rings (SSSR count). The highest BCUT2D eigenvalue weighted by Gasteiger charge is 2.23. The van der Waals surface area contributed by atoms with E-state index in [1.54, 1.807) is 6.92 Å². The number of nitrogens with one attached hydrogen (secondary N) is 2. The third-order valence-corrected chi connectivity index (χ3v) is 3.15. The van der Waals surface area contributed by atoms with E-state index in [9.17, 15) is 18.4 Å². The minimum atomic E-state index is -1.07. The second-order valence-electron chi connectivity index (χ2n) is 4.73. The van der Waals surface area contributed by atoms with Crippen LogP contribution in [-0.4, -0.2) is 28.7 Å². The van der Waals surface area contributed by atoms with Gasteiger partial charge in [-0.2, -0.15) is 5.10 Å². The fourth-order valence-electron chi connectivity index (χ4n) is 1.99. The van der Waals surface area contributed by atoms with Crippen molar-refractivity contribution < 1.29 is 23.1 Å². The van der Waals surface area contributed by atoms with Crippen LogP contribution < -0.4 is 5.32 Å². The molecule has 1 aromatic carbocycles. The molecule has 0 aliphatic heterocycles. The molecule has 0 saturated heterocycles. The van der Waals surface area contributed by atoms with Gasteiger partial charge in [-0.15, -0.1) is 0 Å². The molecule has 0 spiro atoms. The van der Waals surface area contributed by atoms with Crippen molar-refractivity contribution in [2.45, 2.75) is 19.8 Å². The Morgan fingerprint density at radius 2 is 2.00 bits per heavy atom. The summed E-state index contributed by atoms with van der Waals surface area (Å²) in [6.07, 6.45) is 0. The molecule has 122 valence electrons. The summed E-state index contributed by atoms with van der Waals surface area (Å²) >= 11 is 0. The fourth-order valence-corrected chi connectivity index (χ4v) is 1.99. The van der Waals surface area contributed by atoms with Crippen LogP contribution >= 0.6 is 0 Å². The number of hydrogen-bond acceptors (Lipinski definition) is 4. The number of nitrogens with zero attached hydrogens (tertiary/aromatic N) is 1. The monoisotopic (exact) mass is 323 g/mol. The lowest BCUT2D eigenvalue weighted by Gasteiger charge is -2.12. The average molecular weight is 323 g/mol. The highest BCUT2D eigenvalue weighted by molar-refractivity contribution is 5.96. The van der Waals surface area contributed by atoms with Gasteiger partial charge in [-0.25, -0.2) is 13.6 Å². The summed E-state index contributed by atoms with van der Waals surface area (Å²) in [5.74, 6) is -3.89. The van der Waals surface area contributed by atoms with Crippen LogP contribution in [0.2, 0.25) is 0 Å². The summed E-state index contributed by atoms with van der Waals surface area (Å²) in [5.41, 5.74) is -0.266. The SMILES string of the molecule is CCOC(=O)c1cc(NC(=O)[C@@H](C)c2c(F)cccc2F)n[nH]1. The Kier molecular flexibility index (Phi) is 5.05. The molecule has 0 aliphatic carbocycles. The maximum Gasteiger partial charge on any atom is 0.356 e. The molecular weight excluding hydrogens is 308 g/mol. The van der Waals surface area contributed by atoms with Gasteiger partial charge in [-0.3, -0.25) is 9.89 Å². The summed E-state index contributed by atoms with van der Waals surface area (Å²) in [6, 6.07) is 4.66. The summed E-state index contributed by atoms with van der Waals surface area (Å²) < 4.78 is 32.2. The predicted molar refractivity (Wildman–Crippen MR) is 77.9 cm³/mol. The number of carbonyl (C=O) groups is 2. The van der Waals surface area contributed by atoms with Crippen LogP contribution in [0.15, 0.2) is 24.3 Å². The molecule has 0 saturated carbocycles. The van der Waals surface area contributed by atoms with E-state index in [2.05, 4.69) is 15.5 Å². The van der Waals surface area contributed by atoms with Crippen LogP contribution in [0.5, 0.6) is 0 Å². The van der Waals surface area contributed by atoms with E-state index < -0.39 is 29.4 Å². The van der Waals surface area contributed by atoms with Gasteiger partial charge < -0.3 is 10.1 Å². The fraction of sp³-hybridized carbons (Fsp3) is 0.267. The van der Waals surface area contributed by atoms with E-state index in [0.29, 0.717) is 0 Å². The maximum absolute atomic E-state index is 13.7. The first kappa shape index (κ1) is 16.6. The van der Waals surface area contributed by atoms with Crippen LogP contribution in [0.25, 0.3) is 0 Å². The lowest BCUT2D eigenvalue weighted by molar-refractivity contribution is -0.117. The van der Waals surface area contributed by atoms with Crippen molar-refractivity contribution in [1.82, 2.24) is 10.2 Å². The van der Waals surface area contributed by atoms with Gasteiger partial charge in [-0.05, 0) is 26.0 Å². The van der Waals surface area contributed by atoms with Crippen LogP contribution in [-0.2, 0) is 9.53 Å². The van der Waals surface area contributed by atoms with E-state index in [1.807, 2.05) is 0 Å². The Bertz CT molecular complexity index is 710. The number of benzene rings is 1. The van der Waals surface area contributed by atoms with Gasteiger partial charge in [0.2, 0.25) is 5.91 Å². The lowest BCUT2D eigenvalue weighted by atomic mass is 9.99. The number of aromatic nitrogens is 2. The predicted octanol–water partition coefficient (Wildman–Crippen LogP) is 2.61. The molecule has 23 heavy (non-hydrogen) atoms. The summed E-state index contributed by atoms with van der Waals surface area (Å²) in [5, 5.41) is 8.53. The van der Waals surface area contributed by atoms with E-state index in [1.165, 1.54) is 19.1 Å². The van der Waals surface area contributed by atoms with Gasteiger partial charge in [0.15, 0.2) is 5.82 Å². The second kappa shape index (κ2) is 6.99. The molecule has 6 nitrogen and oxygen atoms in total. The maximum atomic E-state index is 13.7. The Morgan fingerprint density at radius 3 is 2.61 bits per heavy atom. The van der Waals surface area contributed by atoms with E-state index in [4.69, 9.17) is 4.74 Å². The topological polar surface area (TPSA) is 84.1 Å². The van der Waals surface area contributed by atoms with Gasteiger partial charge in [0, 0.05) is 11.6 Å². The van der Waals surface area contributed by atoms with Crippen LogP contribution in [0.1, 0.15) is 35.8 Å². The molecule has 0 radical (unpaired) electrons. The zero-order chi connectivity index (χ0) is 17.0. The molecule has 0 unspecified atom stereocenters. The number of amides is 1. The van der Waals surface area contributed by atoms with E-state index >= 15 is 0 Å². The van der Waals surface area contributed by atoms with E-state index in [-0.39, 0.29) is 23.7 Å². The van der Waals surface area contributed by atoms with Gasteiger partial charge in [0.1, 0.15) is 17.3 Å². The molecular formula is C15H15F2N3O3. The first-order valence-electron chi connectivity index (χ1n) is 6.91. The third-order valence-electron chi connectivity index (χ3n) is 3.15. The van der Waals surface area contributed by atoms with Crippen molar-refractivity contribution in [3.05, 3.63) is 47.2 Å². The van der Waals surface area contributed by atoms with Gasteiger partial charge in [0.25, 0.3) is 0 Å². The Balaban J connectivity index is 2.11. The molecule has 0 bridgehead atoms. The zero-order valence-electron chi connectivity index (χ0n) is 12.5. The van der Waals surface area contributed by atoms with Crippen LogP contribution in [0, 0.1) is 11.6 Å². The number of rotatable bonds is 5. The Hall–Kier alpha value is -2.77. The number of ether oxygens (including phenoxy) is 1. The number of halogens is 2. The average Bonchev–Trinajstić information content (AvgIpc) is 2.95. The van der Waals surface area contributed by atoms with Gasteiger partial charge >= 0.3 is 5.97 Å². The first-order chi connectivity index (χ1) is 10.9. The largest absolute Gasteiger partial charge is 0.461 e. The van der Waals surface area contributed by atoms with Crippen molar-refractivity contribution >= 4 is 17.7 Å². The Morgan fingerprint density at radius 1 is 1.35 bits per heavy atom. The molecule has 1 heterocycles. The summed E-state index contributed by atoms with van der Waals surface area (Å²) in [7, 11) is 0. The highest BCUT2D eigenvalue weighted by Crippen LogP contribution is 2.23. The van der Waals surface area contributed by atoms with Crippen LogP contribution in [0.4, 0.5) is 14.6 Å². The minimum absolute atomic E-state index is 0.0571. The smallest absolute Gasteiger partial charge is 0.356 e. The molecule has 1 amide bonds. The second-order valence-corrected chi connectivity index (χ2v) is 4.73. The standard InChI is InChI=1S/C15H15F2N3O3/c1-3-23-15(22)11-7-12(20-19-11)18-14(21)8(2)13-9(16)5-4-6-10(13)17/h4-8H,3H2,1-2H3,(H2,18,19,20,21)/t8-/m0/s1.